The molecule has 30 heavy (non-hydrogen) atoms. The van der Waals surface area contributed by atoms with Crippen molar-refractivity contribution in [3.8, 4) is 11.3 Å². The quantitative estimate of drug-likeness (QED) is 0.597. The molecule has 0 spiro atoms. The summed E-state index contributed by atoms with van der Waals surface area (Å²) in [6.07, 6.45) is 2.13. The van der Waals surface area contributed by atoms with Gasteiger partial charge in [-0.2, -0.15) is 0 Å². The van der Waals surface area contributed by atoms with Crippen molar-refractivity contribution in [3.05, 3.63) is 65.7 Å². The largest absolute Gasteiger partial charge is 0.452 e. The number of nitrogens with zero attached hydrogens (tertiary/aromatic N) is 2. The SMILES string of the molecule is Cc1ccc(-c2cc(C(=O)OCC(=O)N3CCCC(C)C3)c3ccccc3n2)cc1. The summed E-state index contributed by atoms with van der Waals surface area (Å²) >= 11 is 0. The van der Waals surface area contributed by atoms with Crippen LogP contribution in [0.1, 0.15) is 35.7 Å². The molecule has 1 aliphatic rings. The number of para-hydroxylation sites is 1. The number of amides is 1. The molecule has 1 saturated heterocycles. The van der Waals surface area contributed by atoms with E-state index in [9.17, 15) is 9.59 Å². The summed E-state index contributed by atoms with van der Waals surface area (Å²) in [7, 11) is 0. The number of hydrogen-bond donors (Lipinski definition) is 0. The highest BCUT2D eigenvalue weighted by atomic mass is 16.5. The number of carbonyl (C=O) groups is 2. The van der Waals surface area contributed by atoms with Gasteiger partial charge in [0.25, 0.3) is 5.91 Å². The number of aromatic nitrogens is 1. The van der Waals surface area contributed by atoms with Crippen LogP contribution in [0.25, 0.3) is 22.2 Å². The van der Waals surface area contributed by atoms with E-state index in [-0.39, 0.29) is 12.5 Å². The molecule has 2 heterocycles. The lowest BCUT2D eigenvalue weighted by Crippen LogP contribution is -2.41. The van der Waals surface area contributed by atoms with E-state index in [0.717, 1.165) is 48.0 Å². The van der Waals surface area contributed by atoms with Gasteiger partial charge in [-0.25, -0.2) is 9.78 Å². The van der Waals surface area contributed by atoms with E-state index in [4.69, 9.17) is 9.72 Å². The molecule has 4 rings (SSSR count). The minimum absolute atomic E-state index is 0.132. The van der Waals surface area contributed by atoms with Gasteiger partial charge in [-0.3, -0.25) is 4.79 Å². The molecule has 0 bridgehead atoms. The van der Waals surface area contributed by atoms with Crippen molar-refractivity contribution in [2.75, 3.05) is 19.7 Å². The van der Waals surface area contributed by atoms with Crippen LogP contribution in [0.15, 0.2) is 54.6 Å². The Labute approximate surface area is 176 Å². The number of hydrogen-bond acceptors (Lipinski definition) is 4. The Kier molecular flexibility index (Phi) is 5.79. The minimum Gasteiger partial charge on any atom is -0.452 e. The number of fused-ring (bicyclic) bond motifs is 1. The third-order valence-electron chi connectivity index (χ3n) is 5.62. The average molecular weight is 402 g/mol. The molecular weight excluding hydrogens is 376 g/mol. The number of pyridine rings is 1. The number of carbonyl (C=O) groups excluding carboxylic acids is 2. The van der Waals surface area contributed by atoms with Crippen LogP contribution >= 0.6 is 0 Å². The molecule has 2 aromatic carbocycles. The van der Waals surface area contributed by atoms with Crippen LogP contribution in [0.5, 0.6) is 0 Å². The van der Waals surface area contributed by atoms with E-state index < -0.39 is 5.97 Å². The predicted molar refractivity (Wildman–Crippen MR) is 117 cm³/mol. The number of likely N-dealkylation sites (tertiary alicyclic amines) is 1. The van der Waals surface area contributed by atoms with Crippen LogP contribution in [0, 0.1) is 12.8 Å². The molecule has 0 N–H and O–H groups in total. The lowest BCUT2D eigenvalue weighted by atomic mass is 10.0. The monoisotopic (exact) mass is 402 g/mol. The zero-order valence-corrected chi connectivity index (χ0v) is 17.4. The summed E-state index contributed by atoms with van der Waals surface area (Å²) in [5.74, 6) is -0.146. The van der Waals surface area contributed by atoms with Crippen molar-refractivity contribution in [2.24, 2.45) is 5.92 Å². The van der Waals surface area contributed by atoms with Gasteiger partial charge in [-0.15, -0.1) is 0 Å². The maximum atomic E-state index is 12.9. The van der Waals surface area contributed by atoms with Gasteiger partial charge in [-0.1, -0.05) is 55.0 Å². The fraction of sp³-hybridized carbons (Fsp3) is 0.320. The van der Waals surface area contributed by atoms with Crippen LogP contribution in [0.4, 0.5) is 0 Å². The number of piperidine rings is 1. The van der Waals surface area contributed by atoms with Crippen molar-refractivity contribution < 1.29 is 14.3 Å². The second-order valence-electron chi connectivity index (χ2n) is 8.10. The number of ether oxygens (including phenoxy) is 1. The van der Waals surface area contributed by atoms with Crippen molar-refractivity contribution in [1.29, 1.82) is 0 Å². The van der Waals surface area contributed by atoms with Crippen molar-refractivity contribution >= 4 is 22.8 Å². The molecule has 1 aliphatic heterocycles. The zero-order valence-electron chi connectivity index (χ0n) is 17.4. The van der Waals surface area contributed by atoms with E-state index in [2.05, 4.69) is 6.92 Å². The minimum atomic E-state index is -0.500. The molecule has 154 valence electrons. The summed E-state index contributed by atoms with van der Waals surface area (Å²) in [6, 6.07) is 17.3. The second kappa shape index (κ2) is 8.66. The second-order valence-corrected chi connectivity index (χ2v) is 8.10. The summed E-state index contributed by atoms with van der Waals surface area (Å²) in [6.45, 7) is 5.40. The Balaban J connectivity index is 1.58. The third kappa shape index (κ3) is 4.35. The highest BCUT2D eigenvalue weighted by molar-refractivity contribution is 6.05. The van der Waals surface area contributed by atoms with Crippen LogP contribution in [-0.4, -0.2) is 41.5 Å². The number of aryl methyl sites for hydroxylation is 1. The van der Waals surface area contributed by atoms with Gasteiger partial charge in [0.15, 0.2) is 6.61 Å². The number of rotatable bonds is 4. The van der Waals surface area contributed by atoms with Crippen molar-refractivity contribution in [3.63, 3.8) is 0 Å². The Bertz CT molecular complexity index is 1080. The summed E-state index contributed by atoms with van der Waals surface area (Å²) in [5.41, 5.74) is 3.94. The van der Waals surface area contributed by atoms with E-state index >= 15 is 0 Å². The lowest BCUT2D eigenvalue weighted by molar-refractivity contribution is -0.136. The van der Waals surface area contributed by atoms with E-state index in [0.29, 0.717) is 17.2 Å². The molecule has 0 radical (unpaired) electrons. The number of benzene rings is 2. The molecular formula is C25H26N2O3. The van der Waals surface area contributed by atoms with Gasteiger partial charge >= 0.3 is 5.97 Å². The van der Waals surface area contributed by atoms with E-state index in [1.807, 2.05) is 55.5 Å². The molecule has 5 heteroatoms. The topological polar surface area (TPSA) is 59.5 Å². The van der Waals surface area contributed by atoms with Crippen LogP contribution in [-0.2, 0) is 9.53 Å². The van der Waals surface area contributed by atoms with E-state index in [1.54, 1.807) is 11.0 Å². The third-order valence-corrected chi connectivity index (χ3v) is 5.62. The van der Waals surface area contributed by atoms with Crippen LogP contribution in [0.2, 0.25) is 0 Å². The van der Waals surface area contributed by atoms with Gasteiger partial charge in [0.1, 0.15) is 0 Å². The molecule has 0 aliphatic carbocycles. The maximum absolute atomic E-state index is 12.9. The summed E-state index contributed by atoms with van der Waals surface area (Å²) in [4.78, 5) is 31.9. The highest BCUT2D eigenvalue weighted by Crippen LogP contribution is 2.26. The fourth-order valence-electron chi connectivity index (χ4n) is 3.93. The first kappa shape index (κ1) is 20.1. The highest BCUT2D eigenvalue weighted by Gasteiger charge is 2.23. The Morgan fingerprint density at radius 3 is 2.67 bits per heavy atom. The van der Waals surface area contributed by atoms with Crippen LogP contribution in [0.3, 0.4) is 0 Å². The first-order valence-electron chi connectivity index (χ1n) is 10.4. The molecule has 1 unspecified atom stereocenters. The maximum Gasteiger partial charge on any atom is 0.339 e. The molecule has 1 atom stereocenters. The lowest BCUT2D eigenvalue weighted by Gasteiger charge is -2.30. The molecule has 1 amide bonds. The van der Waals surface area contributed by atoms with Crippen molar-refractivity contribution in [2.45, 2.75) is 26.7 Å². The Morgan fingerprint density at radius 2 is 1.90 bits per heavy atom. The average Bonchev–Trinajstić information content (AvgIpc) is 2.77. The standard InChI is InChI=1S/C25H26N2O3/c1-17-9-11-19(12-10-17)23-14-21(20-7-3-4-8-22(20)26-23)25(29)30-16-24(28)27-13-5-6-18(2)15-27/h3-4,7-12,14,18H,5-6,13,15-16H2,1-2H3. The van der Waals surface area contributed by atoms with E-state index in [1.165, 1.54) is 0 Å². The normalized spacial score (nSPS) is 16.5. The predicted octanol–water partition coefficient (Wildman–Crippen LogP) is 4.63. The summed E-state index contributed by atoms with van der Waals surface area (Å²) < 4.78 is 5.44. The molecule has 1 aromatic heterocycles. The van der Waals surface area contributed by atoms with Crippen molar-refractivity contribution in [1.82, 2.24) is 9.88 Å². The number of esters is 1. The van der Waals surface area contributed by atoms with Gasteiger partial charge in [0, 0.05) is 24.0 Å². The fourth-order valence-corrected chi connectivity index (χ4v) is 3.93. The van der Waals surface area contributed by atoms with Crippen LogP contribution < -0.4 is 0 Å². The summed E-state index contributed by atoms with van der Waals surface area (Å²) in [5, 5.41) is 0.720. The molecule has 5 nitrogen and oxygen atoms in total. The zero-order chi connectivity index (χ0) is 21.1. The Hall–Kier alpha value is -3.21. The van der Waals surface area contributed by atoms with Gasteiger partial charge in [-0.05, 0) is 37.8 Å². The molecule has 1 fully saturated rings. The Morgan fingerprint density at radius 1 is 1.13 bits per heavy atom. The van der Waals surface area contributed by atoms with Gasteiger partial charge in [0.05, 0.1) is 16.8 Å². The molecule has 0 saturated carbocycles. The van der Waals surface area contributed by atoms with Gasteiger partial charge < -0.3 is 9.64 Å². The first-order valence-corrected chi connectivity index (χ1v) is 10.4. The smallest absolute Gasteiger partial charge is 0.339 e. The molecule has 3 aromatic rings. The van der Waals surface area contributed by atoms with Gasteiger partial charge in [0.2, 0.25) is 0 Å². The first-order chi connectivity index (χ1) is 14.5.